The van der Waals surface area contributed by atoms with Crippen molar-refractivity contribution in [1.82, 2.24) is 20.5 Å². The van der Waals surface area contributed by atoms with E-state index in [1.807, 2.05) is 12.3 Å². The van der Waals surface area contributed by atoms with Gasteiger partial charge in [0.15, 0.2) is 5.01 Å². The molecule has 0 unspecified atom stereocenters. The lowest BCUT2D eigenvalue weighted by atomic mass is 10.4. The summed E-state index contributed by atoms with van der Waals surface area (Å²) in [6.45, 7) is 4.50. The average Bonchev–Trinajstić information content (AvgIpc) is 2.97. The van der Waals surface area contributed by atoms with Crippen LogP contribution in [-0.2, 0) is 11.2 Å². The van der Waals surface area contributed by atoms with Crippen LogP contribution in [0.1, 0.15) is 10.0 Å². The van der Waals surface area contributed by atoms with E-state index in [9.17, 15) is 0 Å². The number of ether oxygens (including phenoxy) is 1. The Kier molecular flexibility index (Phi) is 5.18. The van der Waals surface area contributed by atoms with Crippen molar-refractivity contribution in [2.45, 2.75) is 13.3 Å². The van der Waals surface area contributed by atoms with Gasteiger partial charge in [-0.1, -0.05) is 11.3 Å². The van der Waals surface area contributed by atoms with Gasteiger partial charge in [0.05, 0.1) is 11.6 Å². The van der Waals surface area contributed by atoms with E-state index in [0.29, 0.717) is 0 Å². The number of aryl methyl sites for hydroxylation is 1. The highest BCUT2D eigenvalue weighted by atomic mass is 32.1. The number of hydrogen-bond donors (Lipinski definition) is 1. The molecule has 2 heterocycles. The first-order chi connectivity index (χ1) is 8.79. The Morgan fingerprint density at radius 3 is 2.94 bits per heavy atom. The fourth-order valence-electron chi connectivity index (χ4n) is 1.41. The molecule has 2 aromatic heterocycles. The Hall–Kier alpha value is -0.890. The van der Waals surface area contributed by atoms with Gasteiger partial charge in [-0.3, -0.25) is 0 Å². The molecule has 0 bridgehead atoms. The molecule has 0 aliphatic heterocycles. The molecule has 0 radical (unpaired) electrons. The Bertz CT molecular complexity index is 483. The van der Waals surface area contributed by atoms with E-state index in [4.69, 9.17) is 4.74 Å². The van der Waals surface area contributed by atoms with E-state index < -0.39 is 0 Å². The lowest BCUT2D eigenvalue weighted by Crippen LogP contribution is -2.21. The Balaban J connectivity index is 1.83. The summed E-state index contributed by atoms with van der Waals surface area (Å²) in [7, 11) is 1.70. The van der Waals surface area contributed by atoms with E-state index in [1.165, 1.54) is 0 Å². The maximum absolute atomic E-state index is 4.96. The first-order valence-electron chi connectivity index (χ1n) is 5.74. The van der Waals surface area contributed by atoms with Gasteiger partial charge < -0.3 is 10.1 Å². The standard InChI is InChI=1S/C11H16N4OS2/c1-8-13-9(7-17-8)11-15-14-10(18-11)3-4-12-5-6-16-2/h7,12H,3-6H2,1-2H3. The largest absolute Gasteiger partial charge is 0.383 e. The average molecular weight is 284 g/mol. The number of nitrogens with one attached hydrogen (secondary N) is 1. The van der Waals surface area contributed by atoms with Crippen molar-refractivity contribution < 1.29 is 4.74 Å². The van der Waals surface area contributed by atoms with E-state index in [-0.39, 0.29) is 0 Å². The van der Waals surface area contributed by atoms with Crippen molar-refractivity contribution in [3.63, 3.8) is 0 Å². The molecule has 0 saturated heterocycles. The summed E-state index contributed by atoms with van der Waals surface area (Å²) in [5.74, 6) is 0. The van der Waals surface area contributed by atoms with Crippen LogP contribution in [0.25, 0.3) is 10.7 Å². The van der Waals surface area contributed by atoms with Gasteiger partial charge in [0.2, 0.25) is 0 Å². The van der Waals surface area contributed by atoms with Gasteiger partial charge in [-0.2, -0.15) is 0 Å². The number of thiazole rings is 1. The minimum atomic E-state index is 0.736. The van der Waals surface area contributed by atoms with E-state index in [1.54, 1.807) is 29.8 Å². The fraction of sp³-hybridized carbons (Fsp3) is 0.545. The lowest BCUT2D eigenvalue weighted by molar-refractivity contribution is 0.199. The second-order valence-electron chi connectivity index (χ2n) is 3.75. The molecule has 2 rings (SSSR count). The van der Waals surface area contributed by atoms with Crippen LogP contribution < -0.4 is 5.32 Å². The Morgan fingerprint density at radius 1 is 1.33 bits per heavy atom. The van der Waals surface area contributed by atoms with Crippen molar-refractivity contribution in [3.8, 4) is 10.7 Å². The topological polar surface area (TPSA) is 59.9 Å². The molecular weight excluding hydrogens is 268 g/mol. The van der Waals surface area contributed by atoms with Crippen molar-refractivity contribution >= 4 is 22.7 Å². The minimum Gasteiger partial charge on any atom is -0.383 e. The first kappa shape index (κ1) is 13.5. The molecule has 0 saturated carbocycles. The number of methoxy groups -OCH3 is 1. The molecule has 2 aromatic rings. The highest BCUT2D eigenvalue weighted by molar-refractivity contribution is 7.15. The summed E-state index contributed by atoms with van der Waals surface area (Å²) >= 11 is 3.25. The summed E-state index contributed by atoms with van der Waals surface area (Å²) < 4.78 is 4.96. The zero-order valence-electron chi connectivity index (χ0n) is 10.5. The Labute approximate surface area is 114 Å². The maximum atomic E-state index is 4.96. The molecule has 0 atom stereocenters. The Morgan fingerprint density at radius 2 is 2.22 bits per heavy atom. The second-order valence-corrected chi connectivity index (χ2v) is 5.87. The minimum absolute atomic E-state index is 0.736. The summed E-state index contributed by atoms with van der Waals surface area (Å²) in [4.78, 5) is 4.41. The van der Waals surface area contributed by atoms with Gasteiger partial charge in [0.1, 0.15) is 10.7 Å². The lowest BCUT2D eigenvalue weighted by Gasteiger charge is -2.00. The van der Waals surface area contributed by atoms with Crippen LogP contribution in [-0.4, -0.2) is 42.0 Å². The highest BCUT2D eigenvalue weighted by Crippen LogP contribution is 2.24. The molecule has 0 spiro atoms. The maximum Gasteiger partial charge on any atom is 0.167 e. The predicted molar refractivity (Wildman–Crippen MR) is 74.2 cm³/mol. The van der Waals surface area contributed by atoms with Crippen molar-refractivity contribution in [3.05, 3.63) is 15.4 Å². The summed E-state index contributed by atoms with van der Waals surface area (Å²) in [5, 5.41) is 16.7. The zero-order chi connectivity index (χ0) is 12.8. The SMILES string of the molecule is COCCNCCc1nnc(-c2csc(C)n2)s1. The summed E-state index contributed by atoms with van der Waals surface area (Å²) in [5.41, 5.74) is 0.939. The normalized spacial score (nSPS) is 11.0. The van der Waals surface area contributed by atoms with Crippen LogP contribution >= 0.6 is 22.7 Å². The third-order valence-corrected chi connectivity index (χ3v) is 4.08. The van der Waals surface area contributed by atoms with Crippen molar-refractivity contribution in [2.75, 3.05) is 26.8 Å². The third kappa shape index (κ3) is 3.81. The van der Waals surface area contributed by atoms with Crippen LogP contribution in [0, 0.1) is 6.92 Å². The van der Waals surface area contributed by atoms with E-state index in [0.717, 1.165) is 46.8 Å². The van der Waals surface area contributed by atoms with Crippen LogP contribution in [0.2, 0.25) is 0 Å². The van der Waals surface area contributed by atoms with Gasteiger partial charge in [-0.05, 0) is 6.92 Å². The highest BCUT2D eigenvalue weighted by Gasteiger charge is 2.09. The fourth-order valence-corrected chi connectivity index (χ4v) is 2.89. The van der Waals surface area contributed by atoms with Crippen LogP contribution in [0.15, 0.2) is 5.38 Å². The molecule has 0 aliphatic carbocycles. The van der Waals surface area contributed by atoms with Crippen LogP contribution in [0.3, 0.4) is 0 Å². The second kappa shape index (κ2) is 6.89. The first-order valence-corrected chi connectivity index (χ1v) is 7.43. The molecule has 0 aromatic carbocycles. The third-order valence-electron chi connectivity index (χ3n) is 2.30. The van der Waals surface area contributed by atoms with Gasteiger partial charge in [-0.15, -0.1) is 21.5 Å². The van der Waals surface area contributed by atoms with Gasteiger partial charge in [-0.25, -0.2) is 4.98 Å². The number of hydrogen-bond acceptors (Lipinski definition) is 7. The molecule has 5 nitrogen and oxygen atoms in total. The number of nitrogens with zero attached hydrogens (tertiary/aromatic N) is 3. The number of aromatic nitrogens is 3. The molecular formula is C11H16N4OS2. The van der Waals surface area contributed by atoms with Crippen molar-refractivity contribution in [1.29, 1.82) is 0 Å². The molecule has 0 amide bonds. The van der Waals surface area contributed by atoms with Gasteiger partial charge in [0.25, 0.3) is 0 Å². The summed E-state index contributed by atoms with van der Waals surface area (Å²) in [6.07, 6.45) is 0.893. The smallest absolute Gasteiger partial charge is 0.167 e. The van der Waals surface area contributed by atoms with Gasteiger partial charge in [0, 0.05) is 32.0 Å². The molecule has 7 heteroatoms. The van der Waals surface area contributed by atoms with E-state index >= 15 is 0 Å². The van der Waals surface area contributed by atoms with Gasteiger partial charge >= 0.3 is 0 Å². The van der Waals surface area contributed by atoms with Crippen LogP contribution in [0.5, 0.6) is 0 Å². The molecule has 0 aliphatic rings. The molecule has 18 heavy (non-hydrogen) atoms. The monoisotopic (exact) mass is 284 g/mol. The summed E-state index contributed by atoms with van der Waals surface area (Å²) in [6, 6.07) is 0. The molecule has 0 fully saturated rings. The van der Waals surface area contributed by atoms with Crippen molar-refractivity contribution in [2.24, 2.45) is 0 Å². The molecule has 1 N–H and O–H groups in total. The van der Waals surface area contributed by atoms with Crippen LogP contribution in [0.4, 0.5) is 0 Å². The number of rotatable bonds is 7. The quantitative estimate of drug-likeness (QED) is 0.785. The zero-order valence-corrected chi connectivity index (χ0v) is 12.1. The molecule has 98 valence electrons. The predicted octanol–water partition coefficient (Wildman–Crippen LogP) is 1.75. The van der Waals surface area contributed by atoms with E-state index in [2.05, 4.69) is 20.5 Å².